The third kappa shape index (κ3) is 3.11. The molecule has 3 rings (SSSR count). The van der Waals surface area contributed by atoms with Gasteiger partial charge < -0.3 is 10.4 Å². The number of hydrogen-bond acceptors (Lipinski definition) is 4. The quantitative estimate of drug-likeness (QED) is 0.797. The molecule has 6 heteroatoms. The van der Waals surface area contributed by atoms with Gasteiger partial charge in [-0.2, -0.15) is 5.10 Å². The number of carbonyl (C=O) groups excluding carboxylic acids is 1. The number of rotatable bonds is 3. The minimum atomic E-state index is -0.444. The van der Waals surface area contributed by atoms with Crippen LogP contribution in [0.25, 0.3) is 11.4 Å². The van der Waals surface area contributed by atoms with E-state index in [0.717, 1.165) is 31.2 Å². The number of nitrogens with one attached hydrogen (secondary N) is 2. The van der Waals surface area contributed by atoms with Gasteiger partial charge in [-0.25, -0.2) is 4.98 Å². The first-order valence-electron chi connectivity index (χ1n) is 7.19. The van der Waals surface area contributed by atoms with Crippen molar-refractivity contribution in [2.45, 2.75) is 37.8 Å². The highest BCUT2D eigenvalue weighted by Crippen LogP contribution is 2.20. The molecule has 1 heterocycles. The molecular weight excluding hydrogens is 268 g/mol. The van der Waals surface area contributed by atoms with Gasteiger partial charge in [-0.1, -0.05) is 25.0 Å². The summed E-state index contributed by atoms with van der Waals surface area (Å²) in [7, 11) is 0. The second-order valence-electron chi connectivity index (χ2n) is 5.35. The van der Waals surface area contributed by atoms with E-state index in [-0.39, 0.29) is 11.9 Å². The molecule has 21 heavy (non-hydrogen) atoms. The highest BCUT2D eigenvalue weighted by atomic mass is 16.3. The molecule has 1 aliphatic carbocycles. The number of benzene rings is 1. The number of aliphatic hydroxyl groups excluding tert-OH is 1. The van der Waals surface area contributed by atoms with Crippen LogP contribution < -0.4 is 5.32 Å². The summed E-state index contributed by atoms with van der Waals surface area (Å²) in [6, 6.07) is 7.05. The summed E-state index contributed by atoms with van der Waals surface area (Å²) in [6.07, 6.45) is 4.63. The van der Waals surface area contributed by atoms with Gasteiger partial charge in [0.2, 0.25) is 0 Å². The normalized spacial score (nSPS) is 22.0. The SMILES string of the molecule is O=C(NC1CCCCC1O)c1cccc(-c2ncn[nH]2)c1. The number of nitrogens with zero attached hydrogens (tertiary/aromatic N) is 2. The van der Waals surface area contributed by atoms with Gasteiger partial charge in [-0.15, -0.1) is 0 Å². The van der Waals surface area contributed by atoms with E-state index in [4.69, 9.17) is 0 Å². The van der Waals surface area contributed by atoms with Crippen molar-refractivity contribution in [1.82, 2.24) is 20.5 Å². The summed E-state index contributed by atoms with van der Waals surface area (Å²) in [5.74, 6) is 0.463. The fraction of sp³-hybridized carbons (Fsp3) is 0.400. The molecule has 1 fully saturated rings. The zero-order chi connectivity index (χ0) is 14.7. The predicted octanol–water partition coefficient (Wildman–Crippen LogP) is 1.50. The standard InChI is InChI=1S/C15H18N4O2/c20-13-7-2-1-6-12(13)18-15(21)11-5-3-4-10(8-11)14-16-9-17-19-14/h3-5,8-9,12-13,20H,1-2,6-7H2,(H,18,21)(H,16,17,19). The lowest BCUT2D eigenvalue weighted by atomic mass is 9.92. The number of aromatic amines is 1. The number of hydrogen-bond donors (Lipinski definition) is 3. The first-order chi connectivity index (χ1) is 10.2. The van der Waals surface area contributed by atoms with E-state index in [0.29, 0.717) is 11.4 Å². The monoisotopic (exact) mass is 286 g/mol. The Balaban J connectivity index is 1.74. The molecule has 6 nitrogen and oxygen atoms in total. The Morgan fingerprint density at radius 2 is 2.19 bits per heavy atom. The second kappa shape index (κ2) is 6.05. The van der Waals surface area contributed by atoms with Crippen LogP contribution in [0.5, 0.6) is 0 Å². The minimum absolute atomic E-state index is 0.153. The highest BCUT2D eigenvalue weighted by Gasteiger charge is 2.24. The smallest absolute Gasteiger partial charge is 0.251 e. The van der Waals surface area contributed by atoms with Gasteiger partial charge in [0.05, 0.1) is 12.1 Å². The van der Waals surface area contributed by atoms with Crippen LogP contribution in [0.3, 0.4) is 0 Å². The Kier molecular flexibility index (Phi) is 3.96. The van der Waals surface area contributed by atoms with E-state index >= 15 is 0 Å². The van der Waals surface area contributed by atoms with Crippen molar-refractivity contribution in [3.05, 3.63) is 36.2 Å². The lowest BCUT2D eigenvalue weighted by Gasteiger charge is -2.28. The number of amides is 1. The molecule has 1 aromatic heterocycles. The zero-order valence-corrected chi connectivity index (χ0v) is 11.6. The van der Waals surface area contributed by atoms with Crippen molar-refractivity contribution in [2.75, 3.05) is 0 Å². The first kappa shape index (κ1) is 13.8. The summed E-state index contributed by atoms with van der Waals surface area (Å²) in [5.41, 5.74) is 1.37. The molecule has 110 valence electrons. The average molecular weight is 286 g/mol. The van der Waals surface area contributed by atoms with Gasteiger partial charge in [-0.05, 0) is 25.0 Å². The molecule has 0 radical (unpaired) electrons. The van der Waals surface area contributed by atoms with Gasteiger partial charge in [-0.3, -0.25) is 9.89 Å². The molecule has 2 atom stereocenters. The van der Waals surface area contributed by atoms with Gasteiger partial charge in [0.1, 0.15) is 6.33 Å². The molecule has 1 aromatic carbocycles. The lowest BCUT2D eigenvalue weighted by Crippen LogP contribution is -2.45. The summed E-state index contributed by atoms with van der Waals surface area (Å²) in [6.45, 7) is 0. The largest absolute Gasteiger partial charge is 0.391 e. The van der Waals surface area contributed by atoms with Crippen molar-refractivity contribution >= 4 is 5.91 Å². The lowest BCUT2D eigenvalue weighted by molar-refractivity contribution is 0.0717. The van der Waals surface area contributed by atoms with E-state index in [9.17, 15) is 9.90 Å². The van der Waals surface area contributed by atoms with E-state index in [1.165, 1.54) is 6.33 Å². The van der Waals surface area contributed by atoms with E-state index < -0.39 is 6.10 Å². The minimum Gasteiger partial charge on any atom is -0.391 e. The summed E-state index contributed by atoms with van der Waals surface area (Å²) < 4.78 is 0. The molecule has 1 aliphatic rings. The second-order valence-corrected chi connectivity index (χ2v) is 5.35. The third-order valence-corrected chi connectivity index (χ3v) is 3.86. The number of H-pyrrole nitrogens is 1. The van der Waals surface area contributed by atoms with Crippen LogP contribution in [0.2, 0.25) is 0 Å². The van der Waals surface area contributed by atoms with E-state index in [1.807, 2.05) is 12.1 Å². The van der Waals surface area contributed by atoms with Gasteiger partial charge in [0, 0.05) is 11.1 Å². The molecule has 3 N–H and O–H groups in total. The van der Waals surface area contributed by atoms with Crippen molar-refractivity contribution in [3.8, 4) is 11.4 Å². The van der Waals surface area contributed by atoms with Crippen LogP contribution in [0.4, 0.5) is 0 Å². The van der Waals surface area contributed by atoms with Crippen molar-refractivity contribution < 1.29 is 9.90 Å². The van der Waals surface area contributed by atoms with E-state index in [1.54, 1.807) is 12.1 Å². The Bertz CT molecular complexity index is 612. The summed E-state index contributed by atoms with van der Waals surface area (Å²) >= 11 is 0. The van der Waals surface area contributed by atoms with Gasteiger partial charge in [0.15, 0.2) is 5.82 Å². The molecule has 1 amide bonds. The van der Waals surface area contributed by atoms with Gasteiger partial charge >= 0.3 is 0 Å². The fourth-order valence-corrected chi connectivity index (χ4v) is 2.68. The van der Waals surface area contributed by atoms with E-state index in [2.05, 4.69) is 20.5 Å². The van der Waals surface area contributed by atoms with Crippen LogP contribution >= 0.6 is 0 Å². The molecule has 0 bridgehead atoms. The highest BCUT2D eigenvalue weighted by molar-refractivity contribution is 5.95. The zero-order valence-electron chi connectivity index (χ0n) is 11.6. The molecular formula is C15H18N4O2. The molecule has 0 aliphatic heterocycles. The maximum atomic E-state index is 12.3. The maximum absolute atomic E-state index is 12.3. The number of aromatic nitrogens is 3. The molecule has 2 aromatic rings. The van der Waals surface area contributed by atoms with Crippen LogP contribution in [0.1, 0.15) is 36.0 Å². The van der Waals surface area contributed by atoms with Crippen molar-refractivity contribution in [2.24, 2.45) is 0 Å². The van der Waals surface area contributed by atoms with Crippen LogP contribution in [0.15, 0.2) is 30.6 Å². The fourth-order valence-electron chi connectivity index (χ4n) is 2.68. The molecule has 1 saturated carbocycles. The van der Waals surface area contributed by atoms with Gasteiger partial charge in [0.25, 0.3) is 5.91 Å². The third-order valence-electron chi connectivity index (χ3n) is 3.86. The number of aliphatic hydroxyl groups is 1. The Morgan fingerprint density at radius 3 is 2.95 bits per heavy atom. The molecule has 0 saturated heterocycles. The van der Waals surface area contributed by atoms with Crippen molar-refractivity contribution in [3.63, 3.8) is 0 Å². The predicted molar refractivity (Wildman–Crippen MR) is 77.5 cm³/mol. The Morgan fingerprint density at radius 1 is 1.33 bits per heavy atom. The summed E-state index contributed by atoms with van der Waals surface area (Å²) in [5, 5.41) is 19.4. The summed E-state index contributed by atoms with van der Waals surface area (Å²) in [4.78, 5) is 16.4. The van der Waals surface area contributed by atoms with Crippen molar-refractivity contribution in [1.29, 1.82) is 0 Å². The number of carbonyl (C=O) groups is 1. The Hall–Kier alpha value is -2.21. The van der Waals surface area contributed by atoms with Crippen LogP contribution in [0, 0.1) is 0 Å². The van der Waals surface area contributed by atoms with Crippen LogP contribution in [-0.2, 0) is 0 Å². The van der Waals surface area contributed by atoms with Crippen LogP contribution in [-0.4, -0.2) is 38.3 Å². The topological polar surface area (TPSA) is 90.9 Å². The molecule has 0 spiro atoms. The first-order valence-corrected chi connectivity index (χ1v) is 7.19. The maximum Gasteiger partial charge on any atom is 0.251 e. The Labute approximate surface area is 122 Å². The molecule has 2 unspecified atom stereocenters. The average Bonchev–Trinajstić information content (AvgIpc) is 3.04.